The standard InChI is InChI=1S/C15H29N3/c16-12-15(17-18-9-2-1-3-10-18)8-4-5-14(11-15)13-6-7-13/h13-14,17H,1-12,16H2. The van der Waals surface area contributed by atoms with Crippen molar-refractivity contribution in [1.29, 1.82) is 0 Å². The zero-order valence-electron chi connectivity index (χ0n) is 11.7. The highest BCUT2D eigenvalue weighted by molar-refractivity contribution is 4.97. The number of hydrazine groups is 1. The average Bonchev–Trinajstić information content (AvgIpc) is 3.24. The van der Waals surface area contributed by atoms with Crippen LogP contribution in [0.25, 0.3) is 0 Å². The zero-order chi connectivity index (χ0) is 12.4. The molecule has 1 saturated heterocycles. The molecule has 0 amide bonds. The summed E-state index contributed by atoms with van der Waals surface area (Å²) in [5.41, 5.74) is 10.2. The first kappa shape index (κ1) is 12.9. The highest BCUT2D eigenvalue weighted by Crippen LogP contribution is 2.46. The molecule has 3 heteroatoms. The predicted molar refractivity (Wildman–Crippen MR) is 75.0 cm³/mol. The molecule has 2 atom stereocenters. The highest BCUT2D eigenvalue weighted by atomic mass is 15.5. The number of piperidine rings is 1. The van der Waals surface area contributed by atoms with Gasteiger partial charge in [-0.3, -0.25) is 0 Å². The molecule has 2 saturated carbocycles. The summed E-state index contributed by atoms with van der Waals surface area (Å²) in [5.74, 6) is 2.00. The topological polar surface area (TPSA) is 41.3 Å². The number of rotatable bonds is 4. The Hall–Kier alpha value is -0.120. The number of nitrogens with one attached hydrogen (secondary N) is 1. The lowest BCUT2D eigenvalue weighted by atomic mass is 9.74. The summed E-state index contributed by atoms with van der Waals surface area (Å²) in [5, 5.41) is 2.46. The van der Waals surface area contributed by atoms with Crippen molar-refractivity contribution in [2.45, 2.75) is 63.3 Å². The van der Waals surface area contributed by atoms with E-state index in [1.165, 1.54) is 70.9 Å². The van der Waals surface area contributed by atoms with Crippen LogP contribution in [-0.4, -0.2) is 30.2 Å². The van der Waals surface area contributed by atoms with E-state index in [-0.39, 0.29) is 5.54 Å². The Morgan fingerprint density at radius 1 is 1.00 bits per heavy atom. The highest BCUT2D eigenvalue weighted by Gasteiger charge is 2.42. The summed E-state index contributed by atoms with van der Waals surface area (Å²) in [6.07, 6.45) is 12.5. The van der Waals surface area contributed by atoms with Crippen LogP contribution in [0.15, 0.2) is 0 Å². The van der Waals surface area contributed by atoms with Crippen molar-refractivity contribution in [2.75, 3.05) is 19.6 Å². The molecule has 0 radical (unpaired) electrons. The van der Waals surface area contributed by atoms with Crippen LogP contribution in [0.2, 0.25) is 0 Å². The van der Waals surface area contributed by atoms with Crippen molar-refractivity contribution in [3.8, 4) is 0 Å². The summed E-state index contributed by atoms with van der Waals surface area (Å²) in [6.45, 7) is 3.25. The van der Waals surface area contributed by atoms with E-state index in [4.69, 9.17) is 5.73 Å². The van der Waals surface area contributed by atoms with Gasteiger partial charge in [-0.25, -0.2) is 10.4 Å². The molecule has 1 aliphatic heterocycles. The molecule has 0 spiro atoms. The molecule has 0 bridgehead atoms. The van der Waals surface area contributed by atoms with Gasteiger partial charge in [0.2, 0.25) is 0 Å². The summed E-state index contributed by atoms with van der Waals surface area (Å²) >= 11 is 0. The molecule has 3 rings (SSSR count). The first-order chi connectivity index (χ1) is 8.81. The fourth-order valence-corrected chi connectivity index (χ4v) is 4.05. The third-order valence-electron chi connectivity index (χ3n) is 5.31. The van der Waals surface area contributed by atoms with Gasteiger partial charge in [0.25, 0.3) is 0 Å². The number of nitrogens with zero attached hydrogens (tertiary/aromatic N) is 1. The van der Waals surface area contributed by atoms with Gasteiger partial charge >= 0.3 is 0 Å². The van der Waals surface area contributed by atoms with Gasteiger partial charge in [0.15, 0.2) is 0 Å². The molecule has 3 fully saturated rings. The Balaban J connectivity index is 1.60. The van der Waals surface area contributed by atoms with E-state index in [9.17, 15) is 0 Å². The van der Waals surface area contributed by atoms with Crippen LogP contribution in [0.4, 0.5) is 0 Å². The van der Waals surface area contributed by atoms with Crippen LogP contribution in [0.1, 0.15) is 57.8 Å². The lowest BCUT2D eigenvalue weighted by Gasteiger charge is -2.45. The number of hydrogen-bond donors (Lipinski definition) is 2. The van der Waals surface area contributed by atoms with Gasteiger partial charge in [0, 0.05) is 25.2 Å². The fraction of sp³-hybridized carbons (Fsp3) is 1.00. The number of hydrogen-bond acceptors (Lipinski definition) is 3. The maximum Gasteiger partial charge on any atom is 0.0450 e. The summed E-state index contributed by atoms with van der Waals surface area (Å²) < 4.78 is 0. The molecule has 104 valence electrons. The average molecular weight is 251 g/mol. The van der Waals surface area contributed by atoms with Crippen molar-refractivity contribution in [3.63, 3.8) is 0 Å². The molecule has 1 heterocycles. The Labute approximate surface area is 111 Å². The van der Waals surface area contributed by atoms with Gasteiger partial charge in [-0.1, -0.05) is 19.3 Å². The van der Waals surface area contributed by atoms with Gasteiger partial charge in [0.1, 0.15) is 0 Å². The maximum atomic E-state index is 6.15. The first-order valence-electron chi connectivity index (χ1n) is 8.04. The molecule has 0 aromatic rings. The quantitative estimate of drug-likeness (QED) is 0.805. The summed E-state index contributed by atoms with van der Waals surface area (Å²) in [6, 6.07) is 0. The van der Waals surface area contributed by atoms with Gasteiger partial charge in [0.05, 0.1) is 0 Å². The lowest BCUT2D eigenvalue weighted by molar-refractivity contribution is 0.0440. The minimum absolute atomic E-state index is 0.225. The van der Waals surface area contributed by atoms with Crippen LogP contribution in [0.5, 0.6) is 0 Å². The summed E-state index contributed by atoms with van der Waals surface area (Å²) in [4.78, 5) is 0. The zero-order valence-corrected chi connectivity index (χ0v) is 11.7. The van der Waals surface area contributed by atoms with E-state index >= 15 is 0 Å². The van der Waals surface area contributed by atoms with Gasteiger partial charge in [-0.15, -0.1) is 0 Å². The van der Waals surface area contributed by atoms with E-state index in [2.05, 4.69) is 10.4 Å². The van der Waals surface area contributed by atoms with Crippen LogP contribution in [0.3, 0.4) is 0 Å². The molecule has 18 heavy (non-hydrogen) atoms. The van der Waals surface area contributed by atoms with Crippen molar-refractivity contribution in [2.24, 2.45) is 17.6 Å². The van der Waals surface area contributed by atoms with Crippen LogP contribution >= 0.6 is 0 Å². The van der Waals surface area contributed by atoms with Crippen LogP contribution in [0, 0.1) is 11.8 Å². The lowest BCUT2D eigenvalue weighted by Crippen LogP contribution is -2.61. The Morgan fingerprint density at radius 3 is 2.44 bits per heavy atom. The Bertz CT molecular complexity index is 271. The van der Waals surface area contributed by atoms with Crippen molar-refractivity contribution in [3.05, 3.63) is 0 Å². The summed E-state index contributed by atoms with van der Waals surface area (Å²) in [7, 11) is 0. The molecule has 0 aromatic carbocycles. The largest absolute Gasteiger partial charge is 0.329 e. The Morgan fingerprint density at radius 2 is 1.78 bits per heavy atom. The second-order valence-electron chi connectivity index (χ2n) is 6.84. The molecular weight excluding hydrogens is 222 g/mol. The third-order valence-corrected chi connectivity index (χ3v) is 5.31. The smallest absolute Gasteiger partial charge is 0.0450 e. The molecule has 3 N–H and O–H groups in total. The van der Waals surface area contributed by atoms with E-state index in [1.54, 1.807) is 0 Å². The van der Waals surface area contributed by atoms with Gasteiger partial charge < -0.3 is 5.73 Å². The van der Waals surface area contributed by atoms with E-state index in [1.807, 2.05) is 0 Å². The van der Waals surface area contributed by atoms with E-state index < -0.39 is 0 Å². The third kappa shape index (κ3) is 2.89. The van der Waals surface area contributed by atoms with E-state index in [0.717, 1.165) is 18.4 Å². The van der Waals surface area contributed by atoms with Gasteiger partial charge in [-0.2, -0.15) is 0 Å². The number of nitrogens with two attached hydrogens (primary N) is 1. The molecule has 2 unspecified atom stereocenters. The molecular formula is C15H29N3. The van der Waals surface area contributed by atoms with Crippen LogP contribution < -0.4 is 11.2 Å². The second kappa shape index (κ2) is 5.48. The fourth-order valence-electron chi connectivity index (χ4n) is 4.05. The normalized spacial score (nSPS) is 38.8. The SMILES string of the molecule is NCC1(NN2CCCCC2)CCCC(C2CC2)C1. The second-order valence-corrected chi connectivity index (χ2v) is 6.84. The van der Waals surface area contributed by atoms with Crippen molar-refractivity contribution >= 4 is 0 Å². The minimum Gasteiger partial charge on any atom is -0.329 e. The molecule has 2 aliphatic carbocycles. The monoisotopic (exact) mass is 251 g/mol. The maximum absolute atomic E-state index is 6.15. The van der Waals surface area contributed by atoms with Crippen molar-refractivity contribution in [1.82, 2.24) is 10.4 Å². The van der Waals surface area contributed by atoms with Crippen molar-refractivity contribution < 1.29 is 0 Å². The molecule has 3 aliphatic rings. The van der Waals surface area contributed by atoms with Gasteiger partial charge in [-0.05, 0) is 50.4 Å². The first-order valence-corrected chi connectivity index (χ1v) is 8.04. The molecule has 0 aromatic heterocycles. The minimum atomic E-state index is 0.225. The Kier molecular flexibility index (Phi) is 3.92. The molecule has 3 nitrogen and oxygen atoms in total. The van der Waals surface area contributed by atoms with Crippen LogP contribution in [-0.2, 0) is 0 Å². The van der Waals surface area contributed by atoms with E-state index in [0.29, 0.717) is 0 Å². The predicted octanol–water partition coefficient (Wildman–Crippen LogP) is 2.27.